The summed E-state index contributed by atoms with van der Waals surface area (Å²) in [7, 11) is 2.08. The summed E-state index contributed by atoms with van der Waals surface area (Å²) in [6.07, 6.45) is 0.741. The smallest absolute Gasteiger partial charge is 0.264 e. The van der Waals surface area contributed by atoms with Crippen molar-refractivity contribution in [2.45, 2.75) is 19.1 Å². The molecular weight excluding hydrogens is 345 g/mol. The number of halogens is 1. The Labute approximate surface area is 156 Å². The van der Waals surface area contributed by atoms with Gasteiger partial charge in [0, 0.05) is 31.1 Å². The van der Waals surface area contributed by atoms with Crippen molar-refractivity contribution in [3.63, 3.8) is 0 Å². The van der Waals surface area contributed by atoms with E-state index in [9.17, 15) is 9.18 Å². The third-order valence-corrected chi connectivity index (χ3v) is 4.77. The number of aromatic amines is 1. The Balaban J connectivity index is 1.68. The Kier molecular flexibility index (Phi) is 4.73. The first kappa shape index (κ1) is 17.4. The van der Waals surface area contributed by atoms with Crippen LogP contribution in [0.5, 0.6) is 5.75 Å². The molecule has 2 heterocycles. The molecule has 2 aromatic carbocycles. The number of hydrogen-bond donors (Lipinski definition) is 1. The maximum atomic E-state index is 13.2. The molecule has 1 aliphatic rings. The molecule has 0 amide bonds. The fraction of sp³-hybridized carbons (Fsp3) is 0.238. The zero-order valence-corrected chi connectivity index (χ0v) is 15.0. The lowest BCUT2D eigenvalue weighted by molar-refractivity contribution is 0.182. The third kappa shape index (κ3) is 3.90. The standard InChI is InChI=1S/C21H20FN3O2/c1-25-11-10-20(27-17-5-3-16(22)4-6-17)18-7-2-14(12-15(18)13-25)19-8-9-21(26)24-23-19/h2-9,12,20H,10-11,13H2,1H3,(H,24,26). The van der Waals surface area contributed by atoms with Crippen molar-refractivity contribution in [2.24, 2.45) is 0 Å². The van der Waals surface area contributed by atoms with Crippen LogP contribution in [0.2, 0.25) is 0 Å². The fourth-order valence-electron chi connectivity index (χ4n) is 3.38. The van der Waals surface area contributed by atoms with Crippen LogP contribution in [0.3, 0.4) is 0 Å². The summed E-state index contributed by atoms with van der Waals surface area (Å²) in [5.74, 6) is 0.379. The summed E-state index contributed by atoms with van der Waals surface area (Å²) in [4.78, 5) is 13.5. The lowest BCUT2D eigenvalue weighted by Gasteiger charge is -2.20. The first-order valence-electron chi connectivity index (χ1n) is 8.88. The molecule has 1 aliphatic heterocycles. The summed E-state index contributed by atoms with van der Waals surface area (Å²) in [5.41, 5.74) is 3.73. The first-order valence-corrected chi connectivity index (χ1v) is 8.88. The second-order valence-electron chi connectivity index (χ2n) is 6.81. The minimum absolute atomic E-state index is 0.104. The normalized spacial score (nSPS) is 17.2. The van der Waals surface area contributed by atoms with Gasteiger partial charge in [0.2, 0.25) is 0 Å². The quantitative estimate of drug-likeness (QED) is 0.771. The molecule has 5 nitrogen and oxygen atoms in total. The van der Waals surface area contributed by atoms with Crippen molar-refractivity contribution < 1.29 is 9.13 Å². The molecule has 0 saturated heterocycles. The van der Waals surface area contributed by atoms with E-state index in [0.29, 0.717) is 5.75 Å². The molecule has 0 bridgehead atoms. The Morgan fingerprint density at radius 3 is 2.70 bits per heavy atom. The summed E-state index contributed by atoms with van der Waals surface area (Å²) in [5, 5.41) is 6.59. The van der Waals surface area contributed by atoms with Gasteiger partial charge in [0.05, 0.1) is 5.69 Å². The molecule has 0 spiro atoms. The highest BCUT2D eigenvalue weighted by atomic mass is 19.1. The van der Waals surface area contributed by atoms with Crippen LogP contribution in [0, 0.1) is 5.82 Å². The van der Waals surface area contributed by atoms with Crippen molar-refractivity contribution in [3.05, 3.63) is 81.9 Å². The largest absolute Gasteiger partial charge is 0.486 e. The van der Waals surface area contributed by atoms with Crippen LogP contribution >= 0.6 is 0 Å². The molecule has 3 aromatic rings. The Morgan fingerprint density at radius 1 is 1.15 bits per heavy atom. The number of benzene rings is 2. The molecule has 4 rings (SSSR count). The fourth-order valence-corrected chi connectivity index (χ4v) is 3.38. The molecule has 0 saturated carbocycles. The van der Waals surface area contributed by atoms with E-state index in [0.717, 1.165) is 41.9 Å². The molecule has 138 valence electrons. The second-order valence-corrected chi connectivity index (χ2v) is 6.81. The summed E-state index contributed by atoms with van der Waals surface area (Å²) in [6.45, 7) is 1.70. The van der Waals surface area contributed by atoms with E-state index in [1.165, 1.54) is 18.2 Å². The van der Waals surface area contributed by atoms with Gasteiger partial charge in [-0.05, 0) is 54.6 Å². The number of rotatable bonds is 3. The topological polar surface area (TPSA) is 58.2 Å². The van der Waals surface area contributed by atoms with Crippen LogP contribution in [0.1, 0.15) is 23.7 Å². The molecule has 1 atom stereocenters. The third-order valence-electron chi connectivity index (χ3n) is 4.77. The Hall–Kier alpha value is -2.99. The van der Waals surface area contributed by atoms with Gasteiger partial charge in [0.25, 0.3) is 5.56 Å². The van der Waals surface area contributed by atoms with E-state index < -0.39 is 0 Å². The van der Waals surface area contributed by atoms with E-state index in [1.807, 2.05) is 6.07 Å². The van der Waals surface area contributed by atoms with E-state index in [-0.39, 0.29) is 17.5 Å². The van der Waals surface area contributed by atoms with Gasteiger partial charge in [0.15, 0.2) is 0 Å². The molecule has 6 heteroatoms. The van der Waals surface area contributed by atoms with Gasteiger partial charge in [-0.15, -0.1) is 0 Å². The lowest BCUT2D eigenvalue weighted by atomic mass is 9.97. The average molecular weight is 365 g/mol. The predicted molar refractivity (Wildman–Crippen MR) is 101 cm³/mol. The highest BCUT2D eigenvalue weighted by Crippen LogP contribution is 2.33. The maximum absolute atomic E-state index is 13.2. The Bertz CT molecular complexity index is 981. The van der Waals surface area contributed by atoms with E-state index in [4.69, 9.17) is 4.74 Å². The molecular formula is C21H20FN3O2. The van der Waals surface area contributed by atoms with Crippen LogP contribution in [-0.2, 0) is 6.54 Å². The Morgan fingerprint density at radius 2 is 1.96 bits per heavy atom. The monoisotopic (exact) mass is 365 g/mol. The van der Waals surface area contributed by atoms with Crippen molar-refractivity contribution >= 4 is 0 Å². The molecule has 1 N–H and O–H groups in total. The summed E-state index contributed by atoms with van der Waals surface area (Å²) < 4.78 is 19.3. The number of H-pyrrole nitrogens is 1. The number of ether oxygens (including phenoxy) is 1. The molecule has 27 heavy (non-hydrogen) atoms. The average Bonchev–Trinajstić information content (AvgIpc) is 2.82. The zero-order chi connectivity index (χ0) is 18.8. The number of aromatic nitrogens is 2. The first-order chi connectivity index (χ1) is 13.1. The predicted octanol–water partition coefficient (Wildman–Crippen LogP) is 3.53. The molecule has 0 fully saturated rings. The van der Waals surface area contributed by atoms with Gasteiger partial charge in [-0.25, -0.2) is 9.49 Å². The van der Waals surface area contributed by atoms with Crippen LogP contribution in [0.4, 0.5) is 4.39 Å². The number of fused-ring (bicyclic) bond motifs is 1. The van der Waals surface area contributed by atoms with Crippen LogP contribution < -0.4 is 10.3 Å². The SMILES string of the molecule is CN1CCC(Oc2ccc(F)cc2)c2ccc(-c3ccc(=O)[nH]n3)cc2C1. The van der Waals surface area contributed by atoms with Crippen LogP contribution in [0.25, 0.3) is 11.3 Å². The highest BCUT2D eigenvalue weighted by molar-refractivity contribution is 5.60. The minimum Gasteiger partial charge on any atom is -0.486 e. The van der Waals surface area contributed by atoms with Crippen molar-refractivity contribution in [2.75, 3.05) is 13.6 Å². The van der Waals surface area contributed by atoms with Gasteiger partial charge in [0.1, 0.15) is 17.7 Å². The van der Waals surface area contributed by atoms with Gasteiger partial charge < -0.3 is 9.64 Å². The summed E-state index contributed by atoms with van der Waals surface area (Å²) >= 11 is 0. The molecule has 0 radical (unpaired) electrons. The summed E-state index contributed by atoms with van der Waals surface area (Å²) in [6, 6.07) is 15.5. The van der Waals surface area contributed by atoms with Gasteiger partial charge in [-0.1, -0.05) is 12.1 Å². The maximum Gasteiger partial charge on any atom is 0.264 e. The zero-order valence-electron chi connectivity index (χ0n) is 15.0. The van der Waals surface area contributed by atoms with E-state index in [2.05, 4.69) is 34.3 Å². The van der Waals surface area contributed by atoms with E-state index in [1.54, 1.807) is 18.2 Å². The number of hydrogen-bond acceptors (Lipinski definition) is 4. The number of nitrogens with one attached hydrogen (secondary N) is 1. The van der Waals surface area contributed by atoms with Crippen molar-refractivity contribution in [3.8, 4) is 17.0 Å². The highest BCUT2D eigenvalue weighted by Gasteiger charge is 2.23. The number of nitrogens with zero attached hydrogens (tertiary/aromatic N) is 2. The van der Waals surface area contributed by atoms with Crippen LogP contribution in [0.15, 0.2) is 59.4 Å². The van der Waals surface area contributed by atoms with Crippen molar-refractivity contribution in [1.29, 1.82) is 0 Å². The van der Waals surface area contributed by atoms with Crippen LogP contribution in [-0.4, -0.2) is 28.7 Å². The molecule has 0 aliphatic carbocycles. The van der Waals surface area contributed by atoms with Gasteiger partial charge in [-0.2, -0.15) is 5.10 Å². The van der Waals surface area contributed by atoms with E-state index >= 15 is 0 Å². The second kappa shape index (κ2) is 7.32. The van der Waals surface area contributed by atoms with Gasteiger partial charge >= 0.3 is 0 Å². The van der Waals surface area contributed by atoms with Gasteiger partial charge in [-0.3, -0.25) is 4.79 Å². The van der Waals surface area contributed by atoms with Crippen molar-refractivity contribution in [1.82, 2.24) is 15.1 Å². The molecule has 1 aromatic heterocycles. The molecule has 1 unspecified atom stereocenters. The lowest BCUT2D eigenvalue weighted by Crippen LogP contribution is -2.18. The minimum atomic E-state index is -0.276.